The Bertz CT molecular complexity index is 488. The zero-order valence-corrected chi connectivity index (χ0v) is 15.0. The summed E-state index contributed by atoms with van der Waals surface area (Å²) in [6.45, 7) is 7.73. The molecule has 6 heteroatoms. The van der Waals surface area contributed by atoms with Crippen molar-refractivity contribution in [3.8, 4) is 0 Å². The Morgan fingerprint density at radius 1 is 1.29 bits per heavy atom. The summed E-state index contributed by atoms with van der Waals surface area (Å²) in [6.07, 6.45) is 6.08. The van der Waals surface area contributed by atoms with Crippen molar-refractivity contribution >= 4 is 12.1 Å². The predicted molar refractivity (Wildman–Crippen MR) is 91.9 cm³/mol. The number of carboxylic acids is 1. The average Bonchev–Trinajstić information content (AvgIpc) is 2.52. The fraction of sp³-hybridized carbons (Fsp3) is 0.778. The SMILES string of the molecule is CC(C)(C)OC(=O)N1CC=C(CNC2CCC(C(=O)O)CC2)CC1. The second kappa shape index (κ2) is 8.01. The Kier molecular flexibility index (Phi) is 6.27. The standard InChI is InChI=1S/C18H30N2O4/c1-18(2,3)24-17(23)20-10-8-13(9-11-20)12-19-15-6-4-14(5-7-15)16(21)22/h8,14-15,19H,4-7,9-12H2,1-3H3,(H,21,22). The number of hydrogen-bond donors (Lipinski definition) is 2. The molecule has 0 atom stereocenters. The van der Waals surface area contributed by atoms with E-state index in [1.165, 1.54) is 5.57 Å². The first-order valence-corrected chi connectivity index (χ1v) is 8.86. The Morgan fingerprint density at radius 2 is 1.96 bits per heavy atom. The molecule has 0 aromatic heterocycles. The molecule has 0 spiro atoms. The van der Waals surface area contributed by atoms with Gasteiger partial charge in [-0.3, -0.25) is 4.79 Å². The van der Waals surface area contributed by atoms with Crippen molar-refractivity contribution in [2.45, 2.75) is 64.5 Å². The van der Waals surface area contributed by atoms with E-state index in [0.717, 1.165) is 38.6 Å². The molecule has 136 valence electrons. The summed E-state index contributed by atoms with van der Waals surface area (Å²) in [7, 11) is 0. The Morgan fingerprint density at radius 3 is 2.46 bits per heavy atom. The van der Waals surface area contributed by atoms with Crippen LogP contribution >= 0.6 is 0 Å². The fourth-order valence-electron chi connectivity index (χ4n) is 3.18. The van der Waals surface area contributed by atoms with Gasteiger partial charge < -0.3 is 20.1 Å². The van der Waals surface area contributed by atoms with Gasteiger partial charge in [-0.25, -0.2) is 4.79 Å². The summed E-state index contributed by atoms with van der Waals surface area (Å²) >= 11 is 0. The fourth-order valence-corrected chi connectivity index (χ4v) is 3.18. The number of carbonyl (C=O) groups excluding carboxylic acids is 1. The van der Waals surface area contributed by atoms with Crippen LogP contribution in [0, 0.1) is 5.92 Å². The third-order valence-electron chi connectivity index (χ3n) is 4.65. The van der Waals surface area contributed by atoms with Crippen LogP contribution in [0.2, 0.25) is 0 Å². The van der Waals surface area contributed by atoms with Crippen molar-refractivity contribution in [2.24, 2.45) is 5.92 Å². The molecule has 1 saturated carbocycles. The summed E-state index contributed by atoms with van der Waals surface area (Å²) in [5.41, 5.74) is 0.854. The van der Waals surface area contributed by atoms with Crippen molar-refractivity contribution in [3.05, 3.63) is 11.6 Å². The molecule has 2 N–H and O–H groups in total. The number of aliphatic carboxylic acids is 1. The Hall–Kier alpha value is -1.56. The largest absolute Gasteiger partial charge is 0.481 e. The lowest BCUT2D eigenvalue weighted by Crippen LogP contribution is -2.41. The monoisotopic (exact) mass is 338 g/mol. The molecule has 1 aliphatic heterocycles. The van der Waals surface area contributed by atoms with Crippen LogP contribution in [-0.2, 0) is 9.53 Å². The molecule has 24 heavy (non-hydrogen) atoms. The number of rotatable bonds is 4. The summed E-state index contributed by atoms with van der Waals surface area (Å²) in [6, 6.07) is 0.408. The second-order valence-electron chi connectivity index (χ2n) is 7.81. The average molecular weight is 338 g/mol. The summed E-state index contributed by atoms with van der Waals surface area (Å²) in [5.74, 6) is -0.829. The van der Waals surface area contributed by atoms with Gasteiger partial charge in [-0.1, -0.05) is 11.6 Å². The summed E-state index contributed by atoms with van der Waals surface area (Å²) < 4.78 is 5.39. The van der Waals surface area contributed by atoms with Gasteiger partial charge in [0.25, 0.3) is 0 Å². The van der Waals surface area contributed by atoms with Crippen molar-refractivity contribution in [1.29, 1.82) is 0 Å². The molecule has 0 bridgehead atoms. The van der Waals surface area contributed by atoms with E-state index in [0.29, 0.717) is 19.1 Å². The van der Waals surface area contributed by atoms with Gasteiger partial charge >= 0.3 is 12.1 Å². The molecule has 2 rings (SSSR count). The number of amides is 1. The van der Waals surface area contributed by atoms with Crippen LogP contribution < -0.4 is 5.32 Å². The molecule has 1 heterocycles. The van der Waals surface area contributed by atoms with E-state index in [1.54, 1.807) is 4.90 Å². The van der Waals surface area contributed by atoms with E-state index in [2.05, 4.69) is 11.4 Å². The van der Waals surface area contributed by atoms with Gasteiger partial charge in [0.15, 0.2) is 0 Å². The van der Waals surface area contributed by atoms with E-state index >= 15 is 0 Å². The molecule has 0 aromatic rings. The Labute approximate surface area is 144 Å². The van der Waals surface area contributed by atoms with Gasteiger partial charge in [-0.05, 0) is 52.9 Å². The highest BCUT2D eigenvalue weighted by atomic mass is 16.6. The lowest BCUT2D eigenvalue weighted by atomic mass is 9.86. The first kappa shape index (κ1) is 18.8. The molecular weight excluding hydrogens is 308 g/mol. The van der Waals surface area contributed by atoms with E-state index in [9.17, 15) is 9.59 Å². The number of nitrogens with one attached hydrogen (secondary N) is 1. The van der Waals surface area contributed by atoms with Gasteiger partial charge in [0.05, 0.1) is 5.92 Å². The van der Waals surface area contributed by atoms with Gasteiger partial charge in [0.1, 0.15) is 5.60 Å². The first-order chi connectivity index (χ1) is 11.2. The topological polar surface area (TPSA) is 78.9 Å². The number of carboxylic acid groups (broad SMARTS) is 1. The van der Waals surface area contributed by atoms with Crippen molar-refractivity contribution < 1.29 is 19.4 Å². The highest BCUT2D eigenvalue weighted by Crippen LogP contribution is 2.24. The van der Waals surface area contributed by atoms with E-state index in [4.69, 9.17) is 9.84 Å². The van der Waals surface area contributed by atoms with Crippen molar-refractivity contribution in [1.82, 2.24) is 10.2 Å². The number of hydrogen-bond acceptors (Lipinski definition) is 4. The molecule has 0 unspecified atom stereocenters. The van der Waals surface area contributed by atoms with Crippen LogP contribution in [0.3, 0.4) is 0 Å². The second-order valence-corrected chi connectivity index (χ2v) is 7.81. The van der Waals surface area contributed by atoms with Crippen molar-refractivity contribution in [2.75, 3.05) is 19.6 Å². The zero-order valence-electron chi connectivity index (χ0n) is 15.0. The van der Waals surface area contributed by atoms with Gasteiger partial charge in [0.2, 0.25) is 0 Å². The van der Waals surface area contributed by atoms with Crippen LogP contribution in [0.15, 0.2) is 11.6 Å². The lowest BCUT2D eigenvalue weighted by molar-refractivity contribution is -0.142. The highest BCUT2D eigenvalue weighted by molar-refractivity contribution is 5.70. The van der Waals surface area contributed by atoms with Gasteiger partial charge in [-0.2, -0.15) is 0 Å². The number of nitrogens with zero attached hydrogens (tertiary/aromatic N) is 1. The predicted octanol–water partition coefficient (Wildman–Crippen LogP) is 2.79. The number of carbonyl (C=O) groups is 2. The van der Waals surface area contributed by atoms with Crippen LogP contribution in [-0.4, -0.2) is 53.3 Å². The molecule has 0 aromatic carbocycles. The molecule has 1 fully saturated rings. The third kappa shape index (κ3) is 5.82. The van der Waals surface area contributed by atoms with Crippen LogP contribution in [0.5, 0.6) is 0 Å². The molecular formula is C18H30N2O4. The molecule has 2 aliphatic rings. The lowest BCUT2D eigenvalue weighted by Gasteiger charge is -2.31. The minimum Gasteiger partial charge on any atom is -0.481 e. The smallest absolute Gasteiger partial charge is 0.410 e. The Balaban J connectivity index is 1.70. The molecule has 1 amide bonds. The number of ether oxygens (including phenoxy) is 1. The maximum absolute atomic E-state index is 12.0. The van der Waals surface area contributed by atoms with E-state index in [1.807, 2.05) is 20.8 Å². The van der Waals surface area contributed by atoms with Crippen LogP contribution in [0.25, 0.3) is 0 Å². The van der Waals surface area contributed by atoms with E-state index < -0.39 is 11.6 Å². The highest BCUT2D eigenvalue weighted by Gasteiger charge is 2.26. The molecule has 1 aliphatic carbocycles. The van der Waals surface area contributed by atoms with Gasteiger partial charge in [-0.15, -0.1) is 0 Å². The van der Waals surface area contributed by atoms with Crippen LogP contribution in [0.4, 0.5) is 4.79 Å². The van der Waals surface area contributed by atoms with Gasteiger partial charge in [0, 0.05) is 25.7 Å². The quantitative estimate of drug-likeness (QED) is 0.771. The molecule has 6 nitrogen and oxygen atoms in total. The summed E-state index contributed by atoms with van der Waals surface area (Å²) in [5, 5.41) is 12.6. The molecule has 0 saturated heterocycles. The van der Waals surface area contributed by atoms with Crippen LogP contribution in [0.1, 0.15) is 52.9 Å². The van der Waals surface area contributed by atoms with Crippen molar-refractivity contribution in [3.63, 3.8) is 0 Å². The zero-order chi connectivity index (χ0) is 17.7. The van der Waals surface area contributed by atoms with E-state index in [-0.39, 0.29) is 12.0 Å². The third-order valence-corrected chi connectivity index (χ3v) is 4.65. The maximum atomic E-state index is 12.0. The maximum Gasteiger partial charge on any atom is 0.410 e. The summed E-state index contributed by atoms with van der Waals surface area (Å²) in [4.78, 5) is 24.7. The minimum atomic E-state index is -0.661. The first-order valence-electron chi connectivity index (χ1n) is 8.86. The molecule has 0 radical (unpaired) electrons. The normalized spacial score (nSPS) is 25.1. The minimum absolute atomic E-state index is 0.167.